The normalized spacial score (nSPS) is 12.6. The van der Waals surface area contributed by atoms with E-state index in [0.29, 0.717) is 11.6 Å². The molecular formula is C28H47ClO2Sn. The Kier molecular flexibility index (Phi) is 15.7. The molecule has 0 aliphatic carbocycles. The van der Waals surface area contributed by atoms with Crippen LogP contribution in [-0.4, -0.2) is 31.0 Å². The molecule has 0 saturated carbocycles. The number of benzene rings is 1. The summed E-state index contributed by atoms with van der Waals surface area (Å²) in [5, 5.41) is 0.710. The van der Waals surface area contributed by atoms with Gasteiger partial charge < -0.3 is 0 Å². The second-order valence-corrected chi connectivity index (χ2v) is 22.9. The third-order valence-corrected chi connectivity index (χ3v) is 23.2. The van der Waals surface area contributed by atoms with Gasteiger partial charge in [-0.25, -0.2) is 0 Å². The van der Waals surface area contributed by atoms with Crippen LogP contribution >= 0.6 is 11.6 Å². The van der Waals surface area contributed by atoms with Crippen LogP contribution in [-0.2, 0) is 9.53 Å². The van der Waals surface area contributed by atoms with Crippen LogP contribution in [0.4, 0.5) is 0 Å². The van der Waals surface area contributed by atoms with Crippen LogP contribution in [0.5, 0.6) is 0 Å². The van der Waals surface area contributed by atoms with Gasteiger partial charge in [0.25, 0.3) is 0 Å². The van der Waals surface area contributed by atoms with E-state index in [4.69, 9.17) is 16.3 Å². The van der Waals surface area contributed by atoms with Crippen LogP contribution in [0.15, 0.2) is 27.9 Å². The van der Waals surface area contributed by atoms with E-state index in [-0.39, 0.29) is 5.97 Å². The molecule has 0 heterocycles. The molecule has 182 valence electrons. The van der Waals surface area contributed by atoms with Gasteiger partial charge in [0.05, 0.1) is 0 Å². The monoisotopic (exact) mass is 570 g/mol. The average Bonchev–Trinajstić information content (AvgIpc) is 2.79. The van der Waals surface area contributed by atoms with Crippen molar-refractivity contribution in [2.24, 2.45) is 0 Å². The predicted molar refractivity (Wildman–Crippen MR) is 144 cm³/mol. The van der Waals surface area contributed by atoms with E-state index < -0.39 is 18.4 Å². The number of allylic oxidation sites excluding steroid dienone is 1. The van der Waals surface area contributed by atoms with Gasteiger partial charge in [0.15, 0.2) is 0 Å². The van der Waals surface area contributed by atoms with Crippen molar-refractivity contribution >= 4 is 41.5 Å². The maximum absolute atomic E-state index is 13.5. The third-order valence-electron chi connectivity index (χ3n) is 6.61. The minimum absolute atomic E-state index is 0.119. The summed E-state index contributed by atoms with van der Waals surface area (Å²) in [5.74, 6) is -0.119. The molecule has 1 aromatic carbocycles. The summed E-state index contributed by atoms with van der Waals surface area (Å²) in [6, 6.07) is 7.90. The van der Waals surface area contributed by atoms with Gasteiger partial charge in [0, 0.05) is 0 Å². The van der Waals surface area contributed by atoms with E-state index in [1.54, 1.807) is 3.59 Å². The maximum atomic E-state index is 13.5. The second-order valence-electron chi connectivity index (χ2n) is 9.13. The summed E-state index contributed by atoms with van der Waals surface area (Å²) in [5.41, 5.74) is 1.91. The quantitative estimate of drug-likeness (QED) is 0.0808. The molecule has 1 aromatic rings. The van der Waals surface area contributed by atoms with Crippen LogP contribution in [0.3, 0.4) is 0 Å². The fourth-order valence-corrected chi connectivity index (χ4v) is 22.7. The molecule has 0 saturated heterocycles. The molecule has 32 heavy (non-hydrogen) atoms. The van der Waals surface area contributed by atoms with Gasteiger partial charge in [0.1, 0.15) is 0 Å². The van der Waals surface area contributed by atoms with E-state index in [0.717, 1.165) is 17.6 Å². The summed E-state index contributed by atoms with van der Waals surface area (Å²) < 4.78 is 11.3. The van der Waals surface area contributed by atoms with Crippen LogP contribution in [0.2, 0.25) is 18.3 Å². The number of ether oxygens (including phenoxy) is 1. The van der Waals surface area contributed by atoms with Crippen molar-refractivity contribution in [3.8, 4) is 0 Å². The first-order valence-corrected chi connectivity index (χ1v) is 21.0. The number of halogens is 1. The molecule has 0 bridgehead atoms. The molecule has 0 unspecified atom stereocenters. The van der Waals surface area contributed by atoms with Crippen molar-refractivity contribution in [1.82, 2.24) is 0 Å². The molecule has 0 aliphatic rings. The van der Waals surface area contributed by atoms with Crippen molar-refractivity contribution < 1.29 is 9.53 Å². The summed E-state index contributed by atoms with van der Waals surface area (Å²) in [7, 11) is 0. The van der Waals surface area contributed by atoms with Crippen LogP contribution in [0.1, 0.15) is 104 Å². The van der Waals surface area contributed by atoms with E-state index in [1.807, 2.05) is 31.2 Å². The zero-order valence-electron chi connectivity index (χ0n) is 21.4. The Morgan fingerprint density at radius 1 is 0.781 bits per heavy atom. The van der Waals surface area contributed by atoms with Crippen LogP contribution in [0.25, 0.3) is 5.57 Å². The number of carbonyl (C=O) groups excluding carboxylic acids is 1. The molecule has 0 amide bonds. The summed E-state index contributed by atoms with van der Waals surface area (Å²) >= 11 is 3.39. The number of esters is 1. The Balaban J connectivity index is 3.79. The summed E-state index contributed by atoms with van der Waals surface area (Å²) in [6.07, 6.45) is 12.2. The molecule has 0 fully saturated rings. The van der Waals surface area contributed by atoms with Gasteiger partial charge >= 0.3 is 208 Å². The van der Waals surface area contributed by atoms with E-state index in [9.17, 15) is 4.79 Å². The van der Waals surface area contributed by atoms with Crippen molar-refractivity contribution in [3.05, 3.63) is 38.4 Å². The number of hydrogen-bond donors (Lipinski definition) is 0. The standard InChI is InChI=1S/C16H20ClO2.3C4H9.Sn/c1-3-5-6-7-8-15(16(18)19-4-2)13-9-11-14(17)12-10-13;3*1-3-4-2;/h9-12H,3-7H2,1-2H3;3*1,3-4H2,2H3;. The molecule has 1 rings (SSSR count). The molecule has 0 atom stereocenters. The first-order valence-electron chi connectivity index (χ1n) is 13.2. The zero-order chi connectivity index (χ0) is 23.8. The van der Waals surface area contributed by atoms with Crippen LogP contribution < -0.4 is 0 Å². The number of rotatable bonds is 17. The number of hydrogen-bond acceptors (Lipinski definition) is 2. The van der Waals surface area contributed by atoms with Crippen LogP contribution in [0, 0.1) is 0 Å². The first kappa shape index (κ1) is 29.6. The van der Waals surface area contributed by atoms with E-state index >= 15 is 0 Å². The number of unbranched alkanes of at least 4 members (excludes halogenated alkanes) is 5. The summed E-state index contributed by atoms with van der Waals surface area (Å²) in [6.45, 7) is 11.5. The molecule has 2 nitrogen and oxygen atoms in total. The SMILES string of the molecule is CCCCC/[C](=C(/C(=O)OCC)c1ccc(Cl)cc1)[Sn]([CH2]CCC)([CH2]CCC)[CH2]CCC. The Hall–Kier alpha value is -0.481. The first-order chi connectivity index (χ1) is 15.5. The fraction of sp³-hybridized carbons (Fsp3) is 0.679. The Labute approximate surface area is 207 Å². The predicted octanol–water partition coefficient (Wildman–Crippen LogP) is 9.63. The average molecular weight is 570 g/mol. The van der Waals surface area contributed by atoms with E-state index in [2.05, 4.69) is 27.7 Å². The van der Waals surface area contributed by atoms with Crippen molar-refractivity contribution in [2.75, 3.05) is 6.61 Å². The van der Waals surface area contributed by atoms with Gasteiger partial charge in [0.2, 0.25) is 0 Å². The molecule has 0 aromatic heterocycles. The van der Waals surface area contributed by atoms with Gasteiger partial charge in [-0.3, -0.25) is 0 Å². The summed E-state index contributed by atoms with van der Waals surface area (Å²) in [4.78, 5) is 13.5. The Morgan fingerprint density at radius 2 is 1.28 bits per heavy atom. The second kappa shape index (κ2) is 17.0. The Morgan fingerprint density at radius 3 is 1.72 bits per heavy atom. The van der Waals surface area contributed by atoms with Crippen molar-refractivity contribution in [1.29, 1.82) is 0 Å². The number of carbonyl (C=O) groups is 1. The third kappa shape index (κ3) is 9.41. The molecule has 0 N–H and O–H groups in total. The molecule has 0 spiro atoms. The van der Waals surface area contributed by atoms with Gasteiger partial charge in [-0.1, -0.05) is 0 Å². The fourth-order valence-electron chi connectivity index (χ4n) is 4.82. The Bertz CT molecular complexity index is 659. The topological polar surface area (TPSA) is 26.3 Å². The van der Waals surface area contributed by atoms with Gasteiger partial charge in [-0.2, -0.15) is 0 Å². The molecule has 0 aliphatic heterocycles. The molecule has 0 radical (unpaired) electrons. The van der Waals surface area contributed by atoms with Gasteiger partial charge in [-0.05, 0) is 0 Å². The zero-order valence-corrected chi connectivity index (χ0v) is 25.0. The van der Waals surface area contributed by atoms with E-state index in [1.165, 1.54) is 71.1 Å². The van der Waals surface area contributed by atoms with Crippen molar-refractivity contribution in [3.63, 3.8) is 0 Å². The molecule has 4 heteroatoms. The van der Waals surface area contributed by atoms with Crippen molar-refractivity contribution in [2.45, 2.75) is 112 Å². The van der Waals surface area contributed by atoms with Gasteiger partial charge in [-0.15, -0.1) is 0 Å². The molecular weight excluding hydrogens is 522 g/mol. The minimum atomic E-state index is -2.82.